The highest BCUT2D eigenvalue weighted by atomic mass is 19.1. The molecule has 3 N–H and O–H groups in total. The lowest BCUT2D eigenvalue weighted by Gasteiger charge is -2.09. The zero-order valence-corrected chi connectivity index (χ0v) is 20.1. The first kappa shape index (κ1) is 22.5. The van der Waals surface area contributed by atoms with Crippen molar-refractivity contribution in [2.75, 3.05) is 5.32 Å². The van der Waals surface area contributed by atoms with Gasteiger partial charge in [0.2, 0.25) is 0 Å². The summed E-state index contributed by atoms with van der Waals surface area (Å²) in [7, 11) is 0. The van der Waals surface area contributed by atoms with Crippen LogP contribution in [0.1, 0.15) is 19.8 Å². The second-order valence-corrected chi connectivity index (χ2v) is 8.78. The fraction of sp³-hybridized carbons (Fsp3) is 0.107. The van der Waals surface area contributed by atoms with E-state index in [1.165, 1.54) is 12.1 Å². The van der Waals surface area contributed by atoms with Crippen molar-refractivity contribution in [1.29, 1.82) is 0 Å². The minimum absolute atomic E-state index is 0.325. The van der Waals surface area contributed by atoms with Crippen LogP contribution in [0.4, 0.5) is 10.1 Å². The fourth-order valence-electron chi connectivity index (χ4n) is 4.37. The van der Waals surface area contributed by atoms with Gasteiger partial charge in [-0.15, -0.1) is 0 Å². The monoisotopic (exact) mass is 490 g/mol. The number of anilines is 1. The molecule has 5 heterocycles. The molecule has 0 saturated heterocycles. The second-order valence-electron chi connectivity index (χ2n) is 8.78. The number of halogens is 1. The third-order valence-electron chi connectivity index (χ3n) is 6.08. The van der Waals surface area contributed by atoms with E-state index >= 15 is 0 Å². The number of imidazole rings is 1. The molecule has 0 saturated carbocycles. The smallest absolute Gasteiger partial charge is 0.159 e. The van der Waals surface area contributed by atoms with Gasteiger partial charge in [0.15, 0.2) is 5.82 Å². The van der Waals surface area contributed by atoms with Crippen LogP contribution in [-0.2, 0) is 0 Å². The lowest BCUT2D eigenvalue weighted by Crippen LogP contribution is -1.98. The molecule has 9 heteroatoms. The summed E-state index contributed by atoms with van der Waals surface area (Å²) in [5.41, 5.74) is 7.54. The van der Waals surface area contributed by atoms with Crippen LogP contribution in [-0.4, -0.2) is 35.1 Å². The molecule has 0 fully saturated rings. The molecule has 37 heavy (non-hydrogen) atoms. The first-order chi connectivity index (χ1) is 18.1. The highest BCUT2D eigenvalue weighted by Gasteiger charge is 2.17. The van der Waals surface area contributed by atoms with Crippen LogP contribution in [0.25, 0.3) is 56.0 Å². The Morgan fingerprint density at radius 3 is 2.78 bits per heavy atom. The predicted molar refractivity (Wildman–Crippen MR) is 143 cm³/mol. The number of hydrogen-bond donors (Lipinski definition) is 3. The van der Waals surface area contributed by atoms with Gasteiger partial charge in [-0.25, -0.2) is 9.37 Å². The van der Waals surface area contributed by atoms with E-state index in [1.54, 1.807) is 30.9 Å². The highest BCUT2D eigenvalue weighted by Crippen LogP contribution is 2.32. The van der Waals surface area contributed by atoms with Crippen molar-refractivity contribution in [2.24, 2.45) is 0 Å². The summed E-state index contributed by atoms with van der Waals surface area (Å²) in [6.07, 6.45) is 8.88. The van der Waals surface area contributed by atoms with Gasteiger partial charge in [-0.1, -0.05) is 32.1 Å². The number of H-pyrrole nitrogens is 2. The normalized spacial score (nSPS) is 11.3. The van der Waals surface area contributed by atoms with Crippen molar-refractivity contribution in [3.05, 3.63) is 85.3 Å². The molecular formula is C28H23FN8. The van der Waals surface area contributed by atoms with Crippen LogP contribution in [0, 0.1) is 5.82 Å². The molecule has 8 nitrogen and oxygen atoms in total. The van der Waals surface area contributed by atoms with Crippen molar-refractivity contribution in [3.63, 3.8) is 0 Å². The molecule has 6 rings (SSSR count). The number of allylic oxidation sites excluding steroid dienone is 1. The number of pyridine rings is 3. The number of aromatic amines is 2. The number of benzene rings is 1. The number of nitrogens with zero attached hydrogens (tertiary/aromatic N) is 5. The molecule has 6 aromatic rings. The third kappa shape index (κ3) is 4.31. The van der Waals surface area contributed by atoms with E-state index < -0.39 is 0 Å². The average molecular weight is 491 g/mol. The van der Waals surface area contributed by atoms with Crippen LogP contribution in [0.3, 0.4) is 0 Å². The number of rotatable bonds is 7. The van der Waals surface area contributed by atoms with Crippen molar-refractivity contribution < 1.29 is 4.39 Å². The zero-order chi connectivity index (χ0) is 25.4. The summed E-state index contributed by atoms with van der Waals surface area (Å²) in [5, 5.41) is 11.7. The van der Waals surface area contributed by atoms with Gasteiger partial charge in [-0.05, 0) is 36.8 Å². The maximum absolute atomic E-state index is 13.9. The molecule has 0 unspecified atom stereocenters. The maximum atomic E-state index is 13.9. The lowest BCUT2D eigenvalue weighted by molar-refractivity contribution is 0.628. The topological polar surface area (TPSA) is 108 Å². The van der Waals surface area contributed by atoms with Crippen molar-refractivity contribution in [2.45, 2.75) is 19.8 Å². The Hall–Kier alpha value is -4.92. The largest absolute Gasteiger partial charge is 0.358 e. The second kappa shape index (κ2) is 9.27. The maximum Gasteiger partial charge on any atom is 0.159 e. The van der Waals surface area contributed by atoms with Crippen LogP contribution in [0.5, 0.6) is 0 Å². The molecule has 1 aromatic carbocycles. The van der Waals surface area contributed by atoms with Gasteiger partial charge in [0.25, 0.3) is 0 Å². The van der Waals surface area contributed by atoms with Crippen LogP contribution < -0.4 is 5.32 Å². The Kier molecular flexibility index (Phi) is 5.65. The molecule has 182 valence electrons. The van der Waals surface area contributed by atoms with Gasteiger partial charge in [0, 0.05) is 34.6 Å². The van der Waals surface area contributed by atoms with Crippen LogP contribution >= 0.6 is 0 Å². The van der Waals surface area contributed by atoms with Crippen molar-refractivity contribution in [1.82, 2.24) is 35.1 Å². The Balaban J connectivity index is 1.40. The Morgan fingerprint density at radius 2 is 1.92 bits per heavy atom. The molecule has 0 amide bonds. The van der Waals surface area contributed by atoms with E-state index in [2.05, 4.69) is 49.0 Å². The summed E-state index contributed by atoms with van der Waals surface area (Å²) in [5.74, 6) is 0.252. The molecule has 0 aliphatic heterocycles. The minimum Gasteiger partial charge on any atom is -0.358 e. The van der Waals surface area contributed by atoms with Crippen molar-refractivity contribution in [3.8, 4) is 34.0 Å². The van der Waals surface area contributed by atoms with E-state index in [0.717, 1.165) is 51.9 Å². The average Bonchev–Trinajstić information content (AvgIpc) is 3.52. The highest BCUT2D eigenvalue weighted by molar-refractivity contribution is 5.96. The van der Waals surface area contributed by atoms with Gasteiger partial charge < -0.3 is 10.3 Å². The van der Waals surface area contributed by atoms with Gasteiger partial charge in [0.05, 0.1) is 40.5 Å². The van der Waals surface area contributed by atoms with E-state index in [1.807, 2.05) is 24.3 Å². The van der Waals surface area contributed by atoms with E-state index in [4.69, 9.17) is 4.98 Å². The van der Waals surface area contributed by atoms with Gasteiger partial charge in [-0.3, -0.25) is 20.1 Å². The lowest BCUT2D eigenvalue weighted by atomic mass is 10.1. The van der Waals surface area contributed by atoms with Crippen LogP contribution in [0.15, 0.2) is 79.5 Å². The number of hydrogen-bond acceptors (Lipinski definition) is 6. The predicted octanol–water partition coefficient (Wildman–Crippen LogP) is 6.49. The molecule has 0 atom stereocenters. The van der Waals surface area contributed by atoms with Crippen molar-refractivity contribution >= 4 is 27.6 Å². The van der Waals surface area contributed by atoms with E-state index in [9.17, 15) is 4.39 Å². The molecule has 0 aliphatic rings. The minimum atomic E-state index is -0.325. The number of nitrogens with one attached hydrogen (secondary N) is 3. The first-order valence-electron chi connectivity index (χ1n) is 11.9. The summed E-state index contributed by atoms with van der Waals surface area (Å²) in [6, 6.07) is 12.1. The molecule has 0 radical (unpaired) electrons. The fourth-order valence-corrected chi connectivity index (χ4v) is 4.37. The van der Waals surface area contributed by atoms with Gasteiger partial charge in [0.1, 0.15) is 17.0 Å². The summed E-state index contributed by atoms with van der Waals surface area (Å²) >= 11 is 0. The van der Waals surface area contributed by atoms with Crippen LogP contribution in [0.2, 0.25) is 0 Å². The SMILES string of the molecule is C=C(CCC)Nc1cncc(-c2cc3c(-c4nc5c(-c6cccc(F)c6)nccc5[nH]4)n[nH]c3cn2)c1. The molecular weight excluding hydrogens is 467 g/mol. The Labute approximate surface area is 211 Å². The van der Waals surface area contributed by atoms with E-state index in [-0.39, 0.29) is 5.82 Å². The molecule has 0 spiro atoms. The third-order valence-corrected chi connectivity index (χ3v) is 6.08. The standard InChI is InChI=1S/C28H23FN8/c1-3-5-16(2)33-20-11-18(13-30-14-20)23-12-21-24(15-32-23)36-37-26(21)28-34-22-8-9-31-25(27(22)35-28)17-6-4-7-19(29)10-17/h4,6-15,33H,2-3,5H2,1H3,(H,34,35)(H,36,37). The molecule has 5 aromatic heterocycles. The Morgan fingerprint density at radius 1 is 1.00 bits per heavy atom. The summed E-state index contributed by atoms with van der Waals surface area (Å²) < 4.78 is 13.9. The van der Waals surface area contributed by atoms with E-state index in [0.29, 0.717) is 28.3 Å². The Bertz CT molecular complexity index is 1770. The first-order valence-corrected chi connectivity index (χ1v) is 11.9. The summed E-state index contributed by atoms with van der Waals surface area (Å²) in [6.45, 7) is 6.18. The quantitative estimate of drug-likeness (QED) is 0.236. The molecule has 0 aliphatic carbocycles. The summed E-state index contributed by atoms with van der Waals surface area (Å²) in [4.78, 5) is 21.6. The zero-order valence-electron chi connectivity index (χ0n) is 20.1. The van der Waals surface area contributed by atoms with Gasteiger partial charge >= 0.3 is 0 Å². The van der Waals surface area contributed by atoms with Gasteiger partial charge in [-0.2, -0.15) is 5.10 Å². The number of fused-ring (bicyclic) bond motifs is 2. The molecule has 0 bridgehead atoms. The number of aromatic nitrogens is 7.